The Morgan fingerprint density at radius 1 is 1.64 bits per heavy atom. The van der Waals surface area contributed by atoms with Crippen LogP contribution in [0.3, 0.4) is 0 Å². The largest absolute Gasteiger partial charge is 0.298 e. The molecule has 0 amide bonds. The SMILES string of the molecule is O=C(CBr)Cc1cccnc1. The Morgan fingerprint density at radius 2 is 2.45 bits per heavy atom. The van der Waals surface area contributed by atoms with Gasteiger partial charge in [-0.1, -0.05) is 22.0 Å². The number of nitrogens with zero attached hydrogens (tertiary/aromatic N) is 1. The lowest BCUT2D eigenvalue weighted by atomic mass is 10.2. The van der Waals surface area contributed by atoms with Gasteiger partial charge in [0.2, 0.25) is 0 Å². The summed E-state index contributed by atoms with van der Waals surface area (Å²) in [5.41, 5.74) is 0.969. The molecule has 1 heterocycles. The van der Waals surface area contributed by atoms with E-state index in [1.54, 1.807) is 12.4 Å². The molecule has 2 nitrogen and oxygen atoms in total. The van der Waals surface area contributed by atoms with Crippen molar-refractivity contribution in [3.8, 4) is 0 Å². The Hall–Kier alpha value is -0.700. The number of hydrogen-bond donors (Lipinski definition) is 0. The van der Waals surface area contributed by atoms with Crippen LogP contribution in [0.15, 0.2) is 24.5 Å². The first-order valence-corrected chi connectivity index (χ1v) is 4.41. The predicted molar refractivity (Wildman–Crippen MR) is 46.7 cm³/mol. The van der Waals surface area contributed by atoms with Gasteiger partial charge in [-0.25, -0.2) is 0 Å². The van der Waals surface area contributed by atoms with Crippen LogP contribution < -0.4 is 0 Å². The third-order valence-corrected chi connectivity index (χ3v) is 1.90. The van der Waals surface area contributed by atoms with Gasteiger partial charge in [0.25, 0.3) is 0 Å². The van der Waals surface area contributed by atoms with Crippen LogP contribution in [-0.4, -0.2) is 16.1 Å². The Morgan fingerprint density at radius 3 is 3.00 bits per heavy atom. The molecule has 58 valence electrons. The average molecular weight is 214 g/mol. The van der Waals surface area contributed by atoms with Crippen LogP contribution in [0.25, 0.3) is 0 Å². The van der Waals surface area contributed by atoms with Gasteiger partial charge in [0.1, 0.15) is 5.78 Å². The van der Waals surface area contributed by atoms with Crippen molar-refractivity contribution in [3.63, 3.8) is 0 Å². The quantitative estimate of drug-likeness (QED) is 0.715. The molecule has 0 saturated carbocycles. The lowest BCUT2D eigenvalue weighted by Gasteiger charge is -1.95. The highest BCUT2D eigenvalue weighted by Crippen LogP contribution is 1.98. The zero-order chi connectivity index (χ0) is 8.10. The molecule has 0 aliphatic rings. The summed E-state index contributed by atoms with van der Waals surface area (Å²) in [5, 5.41) is 0.419. The molecular formula is C8H8BrNO. The summed E-state index contributed by atoms with van der Waals surface area (Å²) in [6, 6.07) is 3.73. The van der Waals surface area contributed by atoms with Crippen LogP contribution >= 0.6 is 15.9 Å². The van der Waals surface area contributed by atoms with E-state index in [2.05, 4.69) is 20.9 Å². The van der Waals surface area contributed by atoms with Crippen LogP contribution in [0, 0.1) is 0 Å². The molecule has 0 aromatic carbocycles. The van der Waals surface area contributed by atoms with Crippen molar-refractivity contribution in [3.05, 3.63) is 30.1 Å². The summed E-state index contributed by atoms with van der Waals surface area (Å²) in [7, 11) is 0. The molecule has 1 aromatic heterocycles. The van der Waals surface area contributed by atoms with Gasteiger partial charge < -0.3 is 0 Å². The zero-order valence-corrected chi connectivity index (χ0v) is 7.54. The van der Waals surface area contributed by atoms with Crippen molar-refractivity contribution in [2.24, 2.45) is 0 Å². The number of halogens is 1. The van der Waals surface area contributed by atoms with Crippen molar-refractivity contribution in [2.75, 3.05) is 5.33 Å². The summed E-state index contributed by atoms with van der Waals surface area (Å²) in [5.74, 6) is 0.179. The summed E-state index contributed by atoms with van der Waals surface area (Å²) in [6.07, 6.45) is 3.88. The number of carbonyl (C=O) groups is 1. The molecule has 1 rings (SSSR count). The minimum atomic E-state index is 0.179. The molecule has 0 N–H and O–H groups in total. The van der Waals surface area contributed by atoms with Crippen molar-refractivity contribution in [1.29, 1.82) is 0 Å². The van der Waals surface area contributed by atoms with Crippen LogP contribution in [-0.2, 0) is 11.2 Å². The van der Waals surface area contributed by atoms with E-state index in [1.165, 1.54) is 0 Å². The molecule has 11 heavy (non-hydrogen) atoms. The van der Waals surface area contributed by atoms with Gasteiger partial charge in [-0.2, -0.15) is 0 Å². The monoisotopic (exact) mass is 213 g/mol. The van der Waals surface area contributed by atoms with Gasteiger partial charge in [0.15, 0.2) is 0 Å². The molecular weight excluding hydrogens is 206 g/mol. The minimum absolute atomic E-state index is 0.179. The second kappa shape index (κ2) is 4.23. The maximum Gasteiger partial charge on any atom is 0.147 e. The Labute approximate surface area is 73.8 Å². The number of rotatable bonds is 3. The van der Waals surface area contributed by atoms with E-state index in [0.29, 0.717) is 11.8 Å². The third-order valence-electron chi connectivity index (χ3n) is 1.27. The molecule has 0 radical (unpaired) electrons. The molecule has 0 atom stereocenters. The average Bonchev–Trinajstić information content (AvgIpc) is 2.06. The highest BCUT2D eigenvalue weighted by molar-refractivity contribution is 9.09. The summed E-state index contributed by atoms with van der Waals surface area (Å²) < 4.78 is 0. The maximum atomic E-state index is 10.9. The molecule has 0 unspecified atom stereocenters. The van der Waals surface area contributed by atoms with E-state index < -0.39 is 0 Å². The number of carbonyl (C=O) groups excluding carboxylic acids is 1. The number of Topliss-reactive ketones (excluding diaryl/α,β-unsaturated/α-hetero) is 1. The number of ketones is 1. The number of alkyl halides is 1. The van der Waals surface area contributed by atoms with E-state index in [-0.39, 0.29) is 5.78 Å². The van der Waals surface area contributed by atoms with E-state index in [0.717, 1.165) is 5.56 Å². The Kier molecular flexibility index (Phi) is 3.23. The van der Waals surface area contributed by atoms with Crippen molar-refractivity contribution >= 4 is 21.7 Å². The first-order valence-electron chi connectivity index (χ1n) is 3.29. The van der Waals surface area contributed by atoms with Crippen LogP contribution in [0.1, 0.15) is 5.56 Å². The lowest BCUT2D eigenvalue weighted by Crippen LogP contribution is -2.03. The Bertz CT molecular complexity index is 235. The van der Waals surface area contributed by atoms with Crippen molar-refractivity contribution in [1.82, 2.24) is 4.98 Å². The normalized spacial score (nSPS) is 9.55. The van der Waals surface area contributed by atoms with Gasteiger partial charge in [-0.15, -0.1) is 0 Å². The summed E-state index contributed by atoms with van der Waals surface area (Å²) >= 11 is 3.10. The number of pyridine rings is 1. The number of hydrogen-bond acceptors (Lipinski definition) is 2. The molecule has 0 fully saturated rings. The molecule has 0 spiro atoms. The van der Waals surface area contributed by atoms with E-state index in [1.807, 2.05) is 12.1 Å². The van der Waals surface area contributed by atoms with E-state index in [9.17, 15) is 4.79 Å². The fraction of sp³-hybridized carbons (Fsp3) is 0.250. The van der Waals surface area contributed by atoms with E-state index >= 15 is 0 Å². The van der Waals surface area contributed by atoms with Crippen molar-refractivity contribution in [2.45, 2.75) is 6.42 Å². The van der Waals surface area contributed by atoms with Gasteiger partial charge in [-0.3, -0.25) is 9.78 Å². The van der Waals surface area contributed by atoms with Gasteiger partial charge in [0.05, 0.1) is 5.33 Å². The van der Waals surface area contributed by atoms with Crippen LogP contribution in [0.2, 0.25) is 0 Å². The minimum Gasteiger partial charge on any atom is -0.298 e. The zero-order valence-electron chi connectivity index (χ0n) is 5.96. The Balaban J connectivity index is 2.58. The fourth-order valence-corrected chi connectivity index (χ4v) is 0.976. The molecule has 1 aromatic rings. The molecule has 0 aliphatic carbocycles. The van der Waals surface area contributed by atoms with Gasteiger partial charge in [0, 0.05) is 18.8 Å². The standard InChI is InChI=1S/C8H8BrNO/c9-5-8(11)4-7-2-1-3-10-6-7/h1-3,6H,4-5H2. The highest BCUT2D eigenvalue weighted by Gasteiger charge is 1.99. The molecule has 0 bridgehead atoms. The predicted octanol–water partition coefficient (Wildman–Crippen LogP) is 1.59. The second-order valence-electron chi connectivity index (χ2n) is 2.21. The summed E-state index contributed by atoms with van der Waals surface area (Å²) in [4.78, 5) is 14.8. The fourth-order valence-electron chi connectivity index (χ4n) is 0.778. The highest BCUT2D eigenvalue weighted by atomic mass is 79.9. The first-order chi connectivity index (χ1) is 5.33. The summed E-state index contributed by atoms with van der Waals surface area (Å²) in [6.45, 7) is 0. The van der Waals surface area contributed by atoms with E-state index in [4.69, 9.17) is 0 Å². The third kappa shape index (κ3) is 2.80. The lowest BCUT2D eigenvalue weighted by molar-refractivity contribution is -0.115. The van der Waals surface area contributed by atoms with Crippen LogP contribution in [0.5, 0.6) is 0 Å². The van der Waals surface area contributed by atoms with Gasteiger partial charge >= 0.3 is 0 Å². The topological polar surface area (TPSA) is 30.0 Å². The second-order valence-corrected chi connectivity index (χ2v) is 2.77. The van der Waals surface area contributed by atoms with Gasteiger partial charge in [-0.05, 0) is 11.6 Å². The first kappa shape index (κ1) is 8.40. The number of aromatic nitrogens is 1. The van der Waals surface area contributed by atoms with Crippen molar-refractivity contribution < 1.29 is 4.79 Å². The molecule has 0 saturated heterocycles. The maximum absolute atomic E-state index is 10.9. The smallest absolute Gasteiger partial charge is 0.147 e. The molecule has 0 aliphatic heterocycles. The van der Waals surface area contributed by atoms with Crippen LogP contribution in [0.4, 0.5) is 0 Å². The molecule has 3 heteroatoms.